The number of nitrogens with one attached hydrogen (secondary N) is 1. The molecular weight excluding hydrogens is 340 g/mol. The molecule has 0 saturated carbocycles. The zero-order valence-corrected chi connectivity index (χ0v) is 13.0. The molecule has 0 spiro atoms. The highest BCUT2D eigenvalue weighted by Crippen LogP contribution is 2.33. The van der Waals surface area contributed by atoms with Crippen LogP contribution in [0, 0.1) is 0 Å². The summed E-state index contributed by atoms with van der Waals surface area (Å²) in [5.74, 6) is 0.747. The minimum atomic E-state index is -0.149. The smallest absolute Gasteiger partial charge is 0.263 e. The van der Waals surface area contributed by atoms with Gasteiger partial charge in [-0.2, -0.15) is 0 Å². The molecule has 2 aromatic rings. The fourth-order valence-electron chi connectivity index (χ4n) is 2.24. The summed E-state index contributed by atoms with van der Waals surface area (Å²) in [7, 11) is 0. The van der Waals surface area contributed by atoms with Crippen molar-refractivity contribution in [1.82, 2.24) is 5.32 Å². The van der Waals surface area contributed by atoms with Gasteiger partial charge in [0, 0.05) is 23.0 Å². The van der Waals surface area contributed by atoms with Crippen molar-refractivity contribution < 1.29 is 9.53 Å². The molecular formula is C14H13BrN2O2S. The zero-order valence-electron chi connectivity index (χ0n) is 10.6. The standard InChI is InChI=1S/C14H13BrN2O2S/c15-10-5-8-1-3-19-12(8)9(6-10)7-17-14(18)13-11(16)2-4-20-13/h2,4-6H,1,3,7,16H2,(H,17,18). The van der Waals surface area contributed by atoms with Crippen molar-refractivity contribution >= 4 is 38.9 Å². The van der Waals surface area contributed by atoms with E-state index in [4.69, 9.17) is 10.5 Å². The summed E-state index contributed by atoms with van der Waals surface area (Å²) in [6.07, 6.45) is 0.910. The molecule has 1 aliphatic rings. The van der Waals surface area contributed by atoms with Crippen molar-refractivity contribution in [2.24, 2.45) is 0 Å². The fraction of sp³-hybridized carbons (Fsp3) is 0.214. The predicted octanol–water partition coefficient (Wildman–Crippen LogP) is 2.96. The van der Waals surface area contributed by atoms with Gasteiger partial charge in [-0.25, -0.2) is 0 Å². The molecule has 1 aromatic carbocycles. The second-order valence-corrected chi connectivity index (χ2v) is 6.37. The van der Waals surface area contributed by atoms with Crippen LogP contribution < -0.4 is 15.8 Å². The monoisotopic (exact) mass is 352 g/mol. The zero-order chi connectivity index (χ0) is 14.1. The van der Waals surface area contributed by atoms with Crippen LogP contribution in [0.25, 0.3) is 0 Å². The van der Waals surface area contributed by atoms with E-state index in [0.717, 1.165) is 22.2 Å². The lowest BCUT2D eigenvalue weighted by atomic mass is 10.1. The van der Waals surface area contributed by atoms with Gasteiger partial charge in [0.05, 0.1) is 12.3 Å². The molecule has 4 nitrogen and oxygen atoms in total. The molecule has 0 atom stereocenters. The van der Waals surface area contributed by atoms with Crippen molar-refractivity contribution in [1.29, 1.82) is 0 Å². The highest BCUT2D eigenvalue weighted by Gasteiger charge is 2.18. The van der Waals surface area contributed by atoms with Gasteiger partial charge in [-0.15, -0.1) is 11.3 Å². The van der Waals surface area contributed by atoms with Crippen molar-refractivity contribution in [2.75, 3.05) is 12.3 Å². The third-order valence-electron chi connectivity index (χ3n) is 3.17. The molecule has 3 N–H and O–H groups in total. The number of carbonyl (C=O) groups is 1. The number of nitrogen functional groups attached to an aromatic ring is 1. The lowest BCUT2D eigenvalue weighted by molar-refractivity contribution is 0.0955. The topological polar surface area (TPSA) is 64.4 Å². The van der Waals surface area contributed by atoms with E-state index in [1.807, 2.05) is 11.4 Å². The van der Waals surface area contributed by atoms with Crippen LogP contribution >= 0.6 is 27.3 Å². The summed E-state index contributed by atoms with van der Waals surface area (Å²) < 4.78 is 6.64. The minimum absolute atomic E-state index is 0.149. The van der Waals surface area contributed by atoms with Crippen molar-refractivity contribution in [2.45, 2.75) is 13.0 Å². The number of amides is 1. The Morgan fingerprint density at radius 3 is 3.10 bits per heavy atom. The number of ether oxygens (including phenoxy) is 1. The lowest BCUT2D eigenvalue weighted by Crippen LogP contribution is -2.22. The van der Waals surface area contributed by atoms with Gasteiger partial charge in [-0.1, -0.05) is 15.9 Å². The molecule has 104 valence electrons. The molecule has 20 heavy (non-hydrogen) atoms. The van der Waals surface area contributed by atoms with Crippen LogP contribution in [-0.4, -0.2) is 12.5 Å². The third-order valence-corrected chi connectivity index (χ3v) is 4.55. The number of nitrogens with two attached hydrogens (primary N) is 1. The van der Waals surface area contributed by atoms with Crippen LogP contribution in [0.15, 0.2) is 28.1 Å². The summed E-state index contributed by atoms with van der Waals surface area (Å²) in [6.45, 7) is 1.13. The largest absolute Gasteiger partial charge is 0.493 e. The van der Waals surface area contributed by atoms with Crippen LogP contribution in [-0.2, 0) is 13.0 Å². The van der Waals surface area contributed by atoms with Crippen LogP contribution in [0.3, 0.4) is 0 Å². The average Bonchev–Trinajstić information content (AvgIpc) is 3.03. The number of halogens is 1. The van der Waals surface area contributed by atoms with Crippen LogP contribution in [0.4, 0.5) is 5.69 Å². The van der Waals surface area contributed by atoms with Gasteiger partial charge in [0.1, 0.15) is 10.6 Å². The highest BCUT2D eigenvalue weighted by atomic mass is 79.9. The normalized spacial score (nSPS) is 12.8. The molecule has 3 rings (SSSR count). The third kappa shape index (κ3) is 2.53. The number of carbonyl (C=O) groups excluding carboxylic acids is 1. The Bertz CT molecular complexity index is 669. The second-order valence-electron chi connectivity index (χ2n) is 4.54. The van der Waals surface area contributed by atoms with E-state index >= 15 is 0 Å². The number of hydrogen-bond donors (Lipinski definition) is 2. The Hall–Kier alpha value is -1.53. The molecule has 1 aromatic heterocycles. The molecule has 0 aliphatic carbocycles. The maximum atomic E-state index is 12.1. The van der Waals surface area contributed by atoms with Crippen LogP contribution in [0.5, 0.6) is 5.75 Å². The van der Waals surface area contributed by atoms with Gasteiger partial charge in [0.15, 0.2) is 0 Å². The van der Waals surface area contributed by atoms with Gasteiger partial charge in [0.25, 0.3) is 5.91 Å². The van der Waals surface area contributed by atoms with E-state index < -0.39 is 0 Å². The van der Waals surface area contributed by atoms with Gasteiger partial charge >= 0.3 is 0 Å². The molecule has 2 heterocycles. The molecule has 0 radical (unpaired) electrons. The number of anilines is 1. The Morgan fingerprint density at radius 2 is 2.35 bits per heavy atom. The fourth-order valence-corrected chi connectivity index (χ4v) is 3.52. The molecule has 0 bridgehead atoms. The van der Waals surface area contributed by atoms with E-state index in [-0.39, 0.29) is 5.91 Å². The number of rotatable bonds is 3. The summed E-state index contributed by atoms with van der Waals surface area (Å²) in [5.41, 5.74) is 8.42. The van der Waals surface area contributed by atoms with Crippen molar-refractivity contribution in [3.63, 3.8) is 0 Å². The first-order valence-electron chi connectivity index (χ1n) is 6.20. The molecule has 1 aliphatic heterocycles. The van der Waals surface area contributed by atoms with Gasteiger partial charge in [-0.05, 0) is 29.1 Å². The molecule has 0 fully saturated rings. The lowest BCUT2D eigenvalue weighted by Gasteiger charge is -2.10. The number of thiophene rings is 1. The summed E-state index contributed by atoms with van der Waals surface area (Å²) in [4.78, 5) is 12.6. The summed E-state index contributed by atoms with van der Waals surface area (Å²) in [6, 6.07) is 5.77. The summed E-state index contributed by atoms with van der Waals surface area (Å²) in [5, 5.41) is 4.70. The first-order chi connectivity index (χ1) is 9.65. The van der Waals surface area contributed by atoms with E-state index in [0.29, 0.717) is 23.7 Å². The van der Waals surface area contributed by atoms with Crippen molar-refractivity contribution in [3.8, 4) is 5.75 Å². The van der Waals surface area contributed by atoms with Gasteiger partial charge in [-0.3, -0.25) is 4.79 Å². The summed E-state index contributed by atoms with van der Waals surface area (Å²) >= 11 is 4.83. The second kappa shape index (κ2) is 5.46. The van der Waals surface area contributed by atoms with E-state index in [2.05, 4.69) is 27.3 Å². The van der Waals surface area contributed by atoms with E-state index in [9.17, 15) is 4.79 Å². The van der Waals surface area contributed by atoms with Crippen LogP contribution in [0.1, 0.15) is 20.8 Å². The highest BCUT2D eigenvalue weighted by molar-refractivity contribution is 9.10. The van der Waals surface area contributed by atoms with E-state index in [1.54, 1.807) is 6.07 Å². The average molecular weight is 353 g/mol. The maximum absolute atomic E-state index is 12.1. The number of hydrogen-bond acceptors (Lipinski definition) is 4. The molecule has 6 heteroatoms. The maximum Gasteiger partial charge on any atom is 0.263 e. The predicted molar refractivity (Wildman–Crippen MR) is 83.2 cm³/mol. The first kappa shape index (κ1) is 13.5. The number of benzene rings is 1. The SMILES string of the molecule is Nc1ccsc1C(=O)NCc1cc(Br)cc2c1OCC2. The Labute approximate surface area is 129 Å². The Kier molecular flexibility index (Phi) is 3.67. The van der Waals surface area contributed by atoms with Gasteiger partial charge in [0.2, 0.25) is 0 Å². The van der Waals surface area contributed by atoms with Crippen molar-refractivity contribution in [3.05, 3.63) is 44.1 Å². The molecule has 0 saturated heterocycles. The number of fused-ring (bicyclic) bond motifs is 1. The quantitative estimate of drug-likeness (QED) is 0.892. The van der Waals surface area contributed by atoms with Gasteiger partial charge < -0.3 is 15.8 Å². The molecule has 1 amide bonds. The Balaban J connectivity index is 1.76. The van der Waals surface area contributed by atoms with Crippen LogP contribution in [0.2, 0.25) is 0 Å². The molecule has 0 unspecified atom stereocenters. The first-order valence-corrected chi connectivity index (χ1v) is 7.87. The van der Waals surface area contributed by atoms with E-state index in [1.165, 1.54) is 16.9 Å². The Morgan fingerprint density at radius 1 is 1.50 bits per heavy atom. The minimum Gasteiger partial charge on any atom is -0.493 e.